The maximum Gasteiger partial charge on any atom is 0.137 e. The second-order valence-electron chi connectivity index (χ2n) is 4.31. The van der Waals surface area contributed by atoms with E-state index in [1.54, 1.807) is 7.11 Å². The summed E-state index contributed by atoms with van der Waals surface area (Å²) in [5.74, 6) is 0.814. The highest BCUT2D eigenvalue weighted by Crippen LogP contribution is 2.38. The van der Waals surface area contributed by atoms with Gasteiger partial charge >= 0.3 is 0 Å². The quantitative estimate of drug-likeness (QED) is 0.917. The number of rotatable bonds is 3. The van der Waals surface area contributed by atoms with Crippen LogP contribution in [0.3, 0.4) is 0 Å². The summed E-state index contributed by atoms with van der Waals surface area (Å²) in [5, 5.41) is 9.41. The Bertz CT molecular complexity index is 359. The van der Waals surface area contributed by atoms with Gasteiger partial charge in [-0.25, -0.2) is 0 Å². The topological polar surface area (TPSA) is 29.5 Å². The zero-order chi connectivity index (χ0) is 11.6. The lowest BCUT2D eigenvalue weighted by molar-refractivity contribution is 0.214. The Labute approximate surface area is 99.4 Å². The Kier molecular flexibility index (Phi) is 3.79. The molecule has 0 atom stereocenters. The first kappa shape index (κ1) is 12.5. The van der Waals surface area contributed by atoms with Crippen LogP contribution in [-0.2, 0) is 5.41 Å². The van der Waals surface area contributed by atoms with Crippen molar-refractivity contribution in [2.45, 2.75) is 26.2 Å². The van der Waals surface area contributed by atoms with Crippen LogP contribution in [0.25, 0.3) is 0 Å². The van der Waals surface area contributed by atoms with Crippen molar-refractivity contribution in [3.05, 3.63) is 27.7 Å². The molecule has 0 aromatic heterocycles. The summed E-state index contributed by atoms with van der Waals surface area (Å²) in [6.07, 6.45) is 0. The number of aliphatic hydroxyl groups excluding tert-OH is 1. The van der Waals surface area contributed by atoms with E-state index >= 15 is 0 Å². The fraction of sp³-hybridized carbons (Fsp3) is 0.500. The first-order valence-corrected chi connectivity index (χ1v) is 5.67. The number of aliphatic hydroxyl groups is 1. The Morgan fingerprint density at radius 2 is 2.00 bits per heavy atom. The maximum atomic E-state index is 9.41. The first-order chi connectivity index (χ1) is 6.94. The summed E-state index contributed by atoms with van der Waals surface area (Å²) in [7, 11) is 1.65. The summed E-state index contributed by atoms with van der Waals surface area (Å²) < 4.78 is 6.31. The summed E-state index contributed by atoms with van der Waals surface area (Å²) in [6, 6.07) is 3.99. The smallest absolute Gasteiger partial charge is 0.137 e. The average Bonchev–Trinajstić information content (AvgIpc) is 2.20. The van der Waals surface area contributed by atoms with E-state index in [4.69, 9.17) is 4.74 Å². The lowest BCUT2D eigenvalue weighted by atomic mass is 9.82. The number of halogens is 1. The van der Waals surface area contributed by atoms with Gasteiger partial charge in [0.1, 0.15) is 5.75 Å². The molecular formula is C12H17BrO2. The van der Waals surface area contributed by atoms with Gasteiger partial charge in [-0.3, -0.25) is 0 Å². The van der Waals surface area contributed by atoms with Crippen LogP contribution >= 0.6 is 15.9 Å². The van der Waals surface area contributed by atoms with Crippen molar-refractivity contribution < 1.29 is 9.84 Å². The van der Waals surface area contributed by atoms with Crippen molar-refractivity contribution in [2.24, 2.45) is 0 Å². The first-order valence-electron chi connectivity index (χ1n) is 4.88. The molecule has 0 unspecified atom stereocenters. The van der Waals surface area contributed by atoms with E-state index in [2.05, 4.69) is 15.9 Å². The minimum absolute atomic E-state index is 0.0979. The van der Waals surface area contributed by atoms with Crippen molar-refractivity contribution in [1.82, 2.24) is 0 Å². The Morgan fingerprint density at radius 1 is 1.40 bits per heavy atom. The van der Waals surface area contributed by atoms with Crippen LogP contribution in [0.2, 0.25) is 0 Å². The van der Waals surface area contributed by atoms with Crippen molar-refractivity contribution in [3.63, 3.8) is 0 Å². The van der Waals surface area contributed by atoms with Crippen molar-refractivity contribution in [1.29, 1.82) is 0 Å². The predicted molar refractivity (Wildman–Crippen MR) is 65.5 cm³/mol. The third-order valence-electron chi connectivity index (χ3n) is 2.59. The molecule has 1 aromatic rings. The number of aryl methyl sites for hydroxylation is 1. The van der Waals surface area contributed by atoms with E-state index in [0.717, 1.165) is 21.3 Å². The van der Waals surface area contributed by atoms with Gasteiger partial charge in [0.2, 0.25) is 0 Å². The van der Waals surface area contributed by atoms with Crippen molar-refractivity contribution in [2.75, 3.05) is 13.7 Å². The number of ether oxygens (including phenoxy) is 1. The Morgan fingerprint density at radius 3 is 2.47 bits per heavy atom. The molecule has 15 heavy (non-hydrogen) atoms. The monoisotopic (exact) mass is 272 g/mol. The molecule has 0 radical (unpaired) electrons. The largest absolute Gasteiger partial charge is 0.495 e. The molecule has 1 rings (SSSR count). The van der Waals surface area contributed by atoms with Gasteiger partial charge < -0.3 is 9.84 Å². The molecule has 84 valence electrons. The van der Waals surface area contributed by atoms with Crippen molar-refractivity contribution >= 4 is 15.9 Å². The van der Waals surface area contributed by atoms with Gasteiger partial charge in [-0.1, -0.05) is 19.9 Å². The summed E-state index contributed by atoms with van der Waals surface area (Å²) in [5.41, 5.74) is 1.90. The zero-order valence-electron chi connectivity index (χ0n) is 9.60. The number of benzene rings is 1. The molecule has 0 saturated heterocycles. The Hall–Kier alpha value is -0.540. The van der Waals surface area contributed by atoms with Crippen LogP contribution in [0.15, 0.2) is 16.6 Å². The van der Waals surface area contributed by atoms with Gasteiger partial charge in [-0.2, -0.15) is 0 Å². The van der Waals surface area contributed by atoms with E-state index in [9.17, 15) is 5.11 Å². The minimum atomic E-state index is -0.292. The van der Waals surface area contributed by atoms with Crippen LogP contribution in [0.4, 0.5) is 0 Å². The molecule has 0 aliphatic rings. The number of hydrogen-bond acceptors (Lipinski definition) is 2. The van der Waals surface area contributed by atoms with Crippen molar-refractivity contribution in [3.8, 4) is 5.75 Å². The highest BCUT2D eigenvalue weighted by Gasteiger charge is 2.26. The van der Waals surface area contributed by atoms with Crippen LogP contribution < -0.4 is 4.74 Å². The molecule has 0 spiro atoms. The van der Waals surface area contributed by atoms with Gasteiger partial charge in [0.15, 0.2) is 0 Å². The highest BCUT2D eigenvalue weighted by molar-refractivity contribution is 9.10. The molecule has 0 heterocycles. The average molecular weight is 273 g/mol. The normalized spacial score (nSPS) is 11.6. The molecule has 0 bridgehead atoms. The third kappa shape index (κ3) is 2.34. The molecular weight excluding hydrogens is 256 g/mol. The molecule has 2 nitrogen and oxygen atoms in total. The predicted octanol–water partition coefficient (Wildman–Crippen LogP) is 3.04. The summed E-state index contributed by atoms with van der Waals surface area (Å²) in [6.45, 7) is 6.14. The fourth-order valence-corrected chi connectivity index (χ4v) is 2.27. The summed E-state index contributed by atoms with van der Waals surface area (Å²) in [4.78, 5) is 0. The molecule has 1 aromatic carbocycles. The van der Waals surface area contributed by atoms with E-state index in [1.807, 2.05) is 32.9 Å². The summed E-state index contributed by atoms with van der Waals surface area (Å²) >= 11 is 3.46. The van der Waals surface area contributed by atoms with Crippen LogP contribution in [0, 0.1) is 6.92 Å². The number of methoxy groups -OCH3 is 1. The van der Waals surface area contributed by atoms with Gasteiger partial charge in [-0.05, 0) is 34.5 Å². The Balaban J connectivity index is 3.44. The molecule has 0 saturated carbocycles. The standard InChI is InChI=1S/C12H17BrO2/c1-8-5-6-9(13)11(15-4)10(8)12(2,3)7-14/h5-6,14H,7H2,1-4H3. The molecule has 0 aliphatic heterocycles. The van der Waals surface area contributed by atoms with E-state index in [0.29, 0.717) is 0 Å². The van der Waals surface area contributed by atoms with Crippen LogP contribution in [-0.4, -0.2) is 18.8 Å². The van der Waals surface area contributed by atoms with Crippen LogP contribution in [0.1, 0.15) is 25.0 Å². The van der Waals surface area contributed by atoms with Gasteiger partial charge in [0.25, 0.3) is 0 Å². The zero-order valence-corrected chi connectivity index (χ0v) is 11.2. The third-order valence-corrected chi connectivity index (χ3v) is 3.22. The van der Waals surface area contributed by atoms with Gasteiger partial charge in [-0.15, -0.1) is 0 Å². The van der Waals surface area contributed by atoms with E-state index < -0.39 is 0 Å². The molecule has 0 amide bonds. The number of hydrogen-bond donors (Lipinski definition) is 1. The molecule has 0 aliphatic carbocycles. The second-order valence-corrected chi connectivity index (χ2v) is 5.17. The SMILES string of the molecule is COc1c(Br)ccc(C)c1C(C)(C)CO. The lowest BCUT2D eigenvalue weighted by Gasteiger charge is -2.27. The van der Waals surface area contributed by atoms with E-state index in [1.165, 1.54) is 0 Å². The van der Waals surface area contributed by atoms with Gasteiger partial charge in [0, 0.05) is 11.0 Å². The fourth-order valence-electron chi connectivity index (χ4n) is 1.78. The molecule has 1 N–H and O–H groups in total. The minimum Gasteiger partial charge on any atom is -0.495 e. The maximum absolute atomic E-state index is 9.41. The molecule has 3 heteroatoms. The highest BCUT2D eigenvalue weighted by atomic mass is 79.9. The van der Waals surface area contributed by atoms with Gasteiger partial charge in [0.05, 0.1) is 18.2 Å². The van der Waals surface area contributed by atoms with E-state index in [-0.39, 0.29) is 12.0 Å². The second kappa shape index (κ2) is 4.54. The lowest BCUT2D eigenvalue weighted by Crippen LogP contribution is -2.24. The van der Waals surface area contributed by atoms with Crippen LogP contribution in [0.5, 0.6) is 5.75 Å². The molecule has 0 fully saturated rings.